The Balaban J connectivity index is 1.89. The van der Waals surface area contributed by atoms with Crippen LogP contribution in [0.15, 0.2) is 53.8 Å². The summed E-state index contributed by atoms with van der Waals surface area (Å²) in [4.78, 5) is 11.6. The van der Waals surface area contributed by atoms with Crippen LogP contribution in [0.25, 0.3) is 0 Å². The van der Waals surface area contributed by atoms with Crippen molar-refractivity contribution in [3.8, 4) is 5.75 Å². The first-order valence-electron chi connectivity index (χ1n) is 8.80. The van der Waals surface area contributed by atoms with Gasteiger partial charge < -0.3 is 15.4 Å². The van der Waals surface area contributed by atoms with E-state index in [0.29, 0.717) is 0 Å². The molecule has 0 unspecified atom stereocenters. The predicted octanol–water partition coefficient (Wildman–Crippen LogP) is 3.35. The molecule has 0 aliphatic rings. The van der Waals surface area contributed by atoms with Crippen LogP contribution in [0, 0.1) is 5.82 Å². The first-order valence-corrected chi connectivity index (χ1v) is 10.3. The lowest BCUT2D eigenvalue weighted by Crippen LogP contribution is -2.20. The van der Waals surface area contributed by atoms with Gasteiger partial charge in [-0.05, 0) is 37.4 Å². The van der Waals surface area contributed by atoms with Crippen LogP contribution in [0.2, 0.25) is 0 Å². The quantitative estimate of drug-likeness (QED) is 0.427. The van der Waals surface area contributed by atoms with Crippen molar-refractivity contribution in [3.05, 3.63) is 54.7 Å². The lowest BCUT2D eigenvalue weighted by atomic mass is 10.3. The summed E-state index contributed by atoms with van der Waals surface area (Å²) >= 11 is 0. The van der Waals surface area contributed by atoms with Gasteiger partial charge in [-0.25, -0.2) is 32.5 Å². The van der Waals surface area contributed by atoms with Crippen LogP contribution >= 0.6 is 0 Å². The second kappa shape index (κ2) is 9.32. The molecule has 1 aromatic carbocycles. The van der Waals surface area contributed by atoms with E-state index in [1.165, 1.54) is 25.2 Å². The molecule has 0 aliphatic carbocycles. The molecule has 0 bridgehead atoms. The van der Waals surface area contributed by atoms with Crippen molar-refractivity contribution in [1.29, 1.82) is 0 Å². The van der Waals surface area contributed by atoms with Gasteiger partial charge in [-0.3, -0.25) is 0 Å². The molecule has 14 heteroatoms. The molecule has 3 rings (SSSR count). The van der Waals surface area contributed by atoms with Crippen LogP contribution in [0.1, 0.15) is 0 Å². The van der Waals surface area contributed by atoms with E-state index in [9.17, 15) is 26.0 Å². The molecule has 0 fully saturated rings. The Kier molecular flexibility index (Phi) is 6.74. The van der Waals surface area contributed by atoms with Crippen LogP contribution in [0.5, 0.6) is 5.75 Å². The van der Waals surface area contributed by atoms with E-state index in [-0.39, 0.29) is 33.8 Å². The van der Waals surface area contributed by atoms with E-state index in [4.69, 9.17) is 4.74 Å². The molecule has 9 nitrogen and oxygen atoms in total. The van der Waals surface area contributed by atoms with Crippen molar-refractivity contribution in [3.63, 3.8) is 0 Å². The van der Waals surface area contributed by atoms with Crippen molar-refractivity contribution in [2.24, 2.45) is 0 Å². The molecular weight excluding hydrogens is 456 g/mol. The van der Waals surface area contributed by atoms with Gasteiger partial charge in [0.1, 0.15) is 35.3 Å². The van der Waals surface area contributed by atoms with Gasteiger partial charge in [-0.15, -0.1) is 0 Å². The number of ether oxygens (including phenoxy) is 1. The standard InChI is InChI=1S/C18H16F4N6O3S/c1-23-32(29,30)12-3-4-14(31-9-18(20,21)22)13(6-12)27-16-7-17(26-10-25-16)28-15-5-2-11(19)8-24-15/h2-8,10,23H,9H2,1H3,(H2,24,25,26,27,28). The zero-order chi connectivity index (χ0) is 23.4. The van der Waals surface area contributed by atoms with E-state index in [0.717, 1.165) is 30.7 Å². The molecule has 0 aliphatic heterocycles. The summed E-state index contributed by atoms with van der Waals surface area (Å²) in [5.74, 6) is -0.139. The second-order valence-corrected chi connectivity index (χ2v) is 8.06. The number of halogens is 4. The fourth-order valence-corrected chi connectivity index (χ4v) is 3.15. The summed E-state index contributed by atoms with van der Waals surface area (Å²) in [5.41, 5.74) is -0.0740. The molecule has 2 aromatic heterocycles. The number of hydrogen-bond donors (Lipinski definition) is 3. The average Bonchev–Trinajstić information content (AvgIpc) is 2.74. The van der Waals surface area contributed by atoms with Crippen LogP contribution in [0.3, 0.4) is 0 Å². The van der Waals surface area contributed by atoms with E-state index in [1.54, 1.807) is 0 Å². The van der Waals surface area contributed by atoms with E-state index in [1.807, 2.05) is 0 Å². The topological polar surface area (TPSA) is 118 Å². The van der Waals surface area contributed by atoms with Crippen LogP contribution < -0.4 is 20.1 Å². The molecule has 32 heavy (non-hydrogen) atoms. The number of benzene rings is 1. The highest BCUT2D eigenvalue weighted by Crippen LogP contribution is 2.32. The van der Waals surface area contributed by atoms with Gasteiger partial charge in [0, 0.05) is 6.07 Å². The number of nitrogens with one attached hydrogen (secondary N) is 3. The van der Waals surface area contributed by atoms with Gasteiger partial charge in [0.05, 0.1) is 16.8 Å². The van der Waals surface area contributed by atoms with E-state index >= 15 is 0 Å². The van der Waals surface area contributed by atoms with Crippen molar-refractivity contribution in [2.45, 2.75) is 11.1 Å². The van der Waals surface area contributed by atoms with Crippen LogP contribution in [-0.4, -0.2) is 43.2 Å². The Labute approximate surface area is 179 Å². The number of nitrogens with zero attached hydrogens (tertiary/aromatic N) is 3. The zero-order valence-corrected chi connectivity index (χ0v) is 17.1. The number of rotatable bonds is 8. The van der Waals surface area contributed by atoms with Crippen LogP contribution in [-0.2, 0) is 10.0 Å². The molecule has 0 saturated carbocycles. The minimum Gasteiger partial charge on any atom is -0.482 e. The molecule has 0 spiro atoms. The number of hydrogen-bond acceptors (Lipinski definition) is 8. The maximum absolute atomic E-state index is 13.0. The average molecular weight is 472 g/mol. The van der Waals surface area contributed by atoms with Gasteiger partial charge >= 0.3 is 6.18 Å². The summed E-state index contributed by atoms with van der Waals surface area (Å²) < 4.78 is 81.9. The van der Waals surface area contributed by atoms with Crippen molar-refractivity contribution in [1.82, 2.24) is 19.7 Å². The minimum absolute atomic E-state index is 0.0740. The smallest absolute Gasteiger partial charge is 0.422 e. The monoisotopic (exact) mass is 472 g/mol. The summed E-state index contributed by atoms with van der Waals surface area (Å²) in [7, 11) is -2.68. The predicted molar refractivity (Wildman–Crippen MR) is 107 cm³/mol. The van der Waals surface area contributed by atoms with E-state index in [2.05, 4.69) is 30.3 Å². The Morgan fingerprint density at radius 2 is 1.69 bits per heavy atom. The lowest BCUT2D eigenvalue weighted by Gasteiger charge is -2.16. The Morgan fingerprint density at radius 3 is 2.31 bits per heavy atom. The lowest BCUT2D eigenvalue weighted by molar-refractivity contribution is -0.153. The van der Waals surface area contributed by atoms with Gasteiger partial charge in [0.15, 0.2) is 6.61 Å². The largest absolute Gasteiger partial charge is 0.482 e. The maximum atomic E-state index is 13.0. The van der Waals surface area contributed by atoms with Crippen LogP contribution in [0.4, 0.5) is 40.7 Å². The molecule has 2 heterocycles. The van der Waals surface area contributed by atoms with Gasteiger partial charge in [0.25, 0.3) is 0 Å². The zero-order valence-electron chi connectivity index (χ0n) is 16.3. The highest BCUT2D eigenvalue weighted by Gasteiger charge is 2.29. The van der Waals surface area contributed by atoms with Crippen molar-refractivity contribution in [2.75, 3.05) is 24.3 Å². The van der Waals surface area contributed by atoms with Gasteiger partial charge in [-0.1, -0.05) is 0 Å². The fraction of sp³-hybridized carbons (Fsp3) is 0.167. The Morgan fingerprint density at radius 1 is 0.969 bits per heavy atom. The molecule has 0 atom stereocenters. The molecule has 0 saturated heterocycles. The highest BCUT2D eigenvalue weighted by atomic mass is 32.2. The molecule has 3 N–H and O–H groups in total. The van der Waals surface area contributed by atoms with Crippen molar-refractivity contribution >= 4 is 33.2 Å². The third-order valence-electron chi connectivity index (χ3n) is 3.83. The number of aromatic nitrogens is 3. The Bertz CT molecular complexity index is 1190. The maximum Gasteiger partial charge on any atom is 0.422 e. The number of anilines is 4. The fourth-order valence-electron chi connectivity index (χ4n) is 2.39. The SMILES string of the molecule is CNS(=O)(=O)c1ccc(OCC(F)(F)F)c(Nc2cc(Nc3ccc(F)cn3)ncn2)c1. The number of alkyl halides is 3. The Hall–Kier alpha value is -3.52. The molecule has 170 valence electrons. The first kappa shape index (κ1) is 23.1. The summed E-state index contributed by atoms with van der Waals surface area (Å²) in [6.07, 6.45) is -2.44. The number of pyridine rings is 1. The highest BCUT2D eigenvalue weighted by molar-refractivity contribution is 7.89. The number of sulfonamides is 1. The molecule has 0 amide bonds. The van der Waals surface area contributed by atoms with Gasteiger partial charge in [-0.2, -0.15) is 13.2 Å². The van der Waals surface area contributed by atoms with E-state index < -0.39 is 28.6 Å². The normalized spacial score (nSPS) is 11.8. The van der Waals surface area contributed by atoms with Crippen molar-refractivity contribution < 1.29 is 30.7 Å². The third kappa shape index (κ3) is 6.24. The molecule has 0 radical (unpaired) electrons. The summed E-state index contributed by atoms with van der Waals surface area (Å²) in [5, 5.41) is 5.53. The minimum atomic E-state index is -4.60. The molecule has 3 aromatic rings. The summed E-state index contributed by atoms with van der Waals surface area (Å²) in [6, 6.07) is 7.26. The first-order chi connectivity index (χ1) is 15.1. The summed E-state index contributed by atoms with van der Waals surface area (Å²) in [6.45, 7) is -1.58. The molecular formula is C18H16F4N6O3S. The van der Waals surface area contributed by atoms with Gasteiger partial charge in [0.2, 0.25) is 10.0 Å². The second-order valence-electron chi connectivity index (χ2n) is 6.17. The third-order valence-corrected chi connectivity index (χ3v) is 5.25.